The van der Waals surface area contributed by atoms with Gasteiger partial charge in [-0.1, -0.05) is 57.5 Å². The molecule has 4 nitrogen and oxygen atoms in total. The Labute approximate surface area is 135 Å². The Hall–Kier alpha value is -0.940. The van der Waals surface area contributed by atoms with E-state index in [2.05, 4.69) is 26.1 Å². The van der Waals surface area contributed by atoms with Crippen LogP contribution in [-0.2, 0) is 6.42 Å². The third kappa shape index (κ3) is 5.06. The zero-order chi connectivity index (χ0) is 16.6. The summed E-state index contributed by atoms with van der Waals surface area (Å²) in [7, 11) is 0. The number of rotatable bonds is 10. The lowest BCUT2D eigenvalue weighted by atomic mass is 9.80. The SMILES string of the molecule is CC[C@@H](C)[C@](CC)(CN)NC[C@@H](O)[C@@H](N)Cc1ccccc1. The van der Waals surface area contributed by atoms with Gasteiger partial charge in [0.05, 0.1) is 6.10 Å². The second kappa shape index (κ2) is 9.26. The number of hydrogen-bond acceptors (Lipinski definition) is 4. The highest BCUT2D eigenvalue weighted by atomic mass is 16.3. The first-order chi connectivity index (χ1) is 10.5. The lowest BCUT2D eigenvalue weighted by Gasteiger charge is -2.39. The summed E-state index contributed by atoms with van der Waals surface area (Å²) in [4.78, 5) is 0. The first-order valence-electron chi connectivity index (χ1n) is 8.41. The van der Waals surface area contributed by atoms with Gasteiger partial charge in [0.1, 0.15) is 0 Å². The molecule has 0 saturated carbocycles. The van der Waals surface area contributed by atoms with Crippen LogP contribution in [0.15, 0.2) is 30.3 Å². The summed E-state index contributed by atoms with van der Waals surface area (Å²) in [5.74, 6) is 0.458. The topological polar surface area (TPSA) is 84.3 Å². The number of β-amino-alcohol motifs (C(OH)–C–C–N with tert-alkyl or cyclic N) is 1. The summed E-state index contributed by atoms with van der Waals surface area (Å²) in [6.45, 7) is 7.56. The maximum atomic E-state index is 10.4. The first kappa shape index (κ1) is 19.1. The van der Waals surface area contributed by atoms with Crippen LogP contribution in [0.4, 0.5) is 0 Å². The van der Waals surface area contributed by atoms with Crippen molar-refractivity contribution in [2.75, 3.05) is 13.1 Å². The standard InChI is InChI=1S/C18H33N3O/c1-4-14(3)18(5-2,13-19)21-12-17(22)16(20)11-15-9-7-6-8-10-15/h6-10,14,16-17,21-22H,4-5,11-13,19-20H2,1-3H3/t14-,16+,17-,18+/m1/s1. The van der Waals surface area contributed by atoms with Gasteiger partial charge in [-0.25, -0.2) is 0 Å². The number of aliphatic hydroxyl groups excluding tert-OH is 1. The normalized spacial score (nSPS) is 18.5. The van der Waals surface area contributed by atoms with E-state index in [9.17, 15) is 5.11 Å². The molecule has 4 atom stereocenters. The lowest BCUT2D eigenvalue weighted by Crippen LogP contribution is -2.58. The van der Waals surface area contributed by atoms with E-state index in [1.54, 1.807) is 0 Å². The van der Waals surface area contributed by atoms with E-state index in [1.807, 2.05) is 30.3 Å². The minimum atomic E-state index is -0.582. The Balaban J connectivity index is 2.57. The van der Waals surface area contributed by atoms with Crippen molar-refractivity contribution in [1.82, 2.24) is 5.32 Å². The monoisotopic (exact) mass is 307 g/mol. The van der Waals surface area contributed by atoms with E-state index >= 15 is 0 Å². The van der Waals surface area contributed by atoms with Gasteiger partial charge < -0.3 is 21.9 Å². The highest BCUT2D eigenvalue weighted by molar-refractivity contribution is 5.16. The van der Waals surface area contributed by atoms with Crippen LogP contribution in [0, 0.1) is 5.92 Å². The number of hydrogen-bond donors (Lipinski definition) is 4. The highest BCUT2D eigenvalue weighted by Gasteiger charge is 2.32. The van der Waals surface area contributed by atoms with Gasteiger partial charge in [-0.3, -0.25) is 0 Å². The van der Waals surface area contributed by atoms with Crippen LogP contribution in [0.25, 0.3) is 0 Å². The third-order valence-electron chi connectivity index (χ3n) is 5.02. The average Bonchev–Trinajstić information content (AvgIpc) is 2.56. The molecule has 0 amide bonds. The molecule has 0 radical (unpaired) electrons. The van der Waals surface area contributed by atoms with E-state index in [0.717, 1.165) is 18.4 Å². The molecule has 0 aliphatic rings. The fourth-order valence-electron chi connectivity index (χ4n) is 2.94. The minimum absolute atomic E-state index is 0.123. The molecule has 1 rings (SSSR count). The Kier molecular flexibility index (Phi) is 8.04. The summed E-state index contributed by atoms with van der Waals surface area (Å²) in [6.07, 6.45) is 2.10. The van der Waals surface area contributed by atoms with Crippen LogP contribution in [0.1, 0.15) is 39.2 Å². The first-order valence-corrected chi connectivity index (χ1v) is 8.41. The van der Waals surface area contributed by atoms with E-state index in [-0.39, 0.29) is 11.6 Å². The van der Waals surface area contributed by atoms with Gasteiger partial charge in [0.2, 0.25) is 0 Å². The summed E-state index contributed by atoms with van der Waals surface area (Å²) < 4.78 is 0. The maximum Gasteiger partial charge on any atom is 0.0818 e. The summed E-state index contributed by atoms with van der Waals surface area (Å²) >= 11 is 0. The van der Waals surface area contributed by atoms with Crippen LogP contribution in [0.5, 0.6) is 0 Å². The molecule has 4 heteroatoms. The van der Waals surface area contributed by atoms with Crippen LogP contribution >= 0.6 is 0 Å². The molecule has 0 spiro atoms. The van der Waals surface area contributed by atoms with Crippen LogP contribution in [-0.4, -0.2) is 35.9 Å². The molecule has 0 bridgehead atoms. The fourth-order valence-corrected chi connectivity index (χ4v) is 2.94. The molecule has 1 aromatic carbocycles. The second-order valence-corrected chi connectivity index (χ2v) is 6.32. The van der Waals surface area contributed by atoms with Gasteiger partial charge >= 0.3 is 0 Å². The molecule has 6 N–H and O–H groups in total. The van der Waals surface area contributed by atoms with Crippen molar-refractivity contribution >= 4 is 0 Å². The van der Waals surface area contributed by atoms with Crippen molar-refractivity contribution in [1.29, 1.82) is 0 Å². The Bertz CT molecular complexity index is 406. The van der Waals surface area contributed by atoms with Gasteiger partial charge in [-0.2, -0.15) is 0 Å². The summed E-state index contributed by atoms with van der Waals surface area (Å²) in [5, 5.41) is 13.9. The van der Waals surface area contributed by atoms with Crippen molar-refractivity contribution in [3.63, 3.8) is 0 Å². The molecule has 0 aliphatic carbocycles. The molecule has 1 aromatic rings. The number of nitrogens with one attached hydrogen (secondary N) is 1. The molecular formula is C18H33N3O. The fraction of sp³-hybridized carbons (Fsp3) is 0.667. The zero-order valence-corrected chi connectivity index (χ0v) is 14.3. The lowest BCUT2D eigenvalue weighted by molar-refractivity contribution is 0.113. The second-order valence-electron chi connectivity index (χ2n) is 6.32. The van der Waals surface area contributed by atoms with E-state index in [1.165, 1.54) is 0 Å². The number of aliphatic hydroxyl groups is 1. The number of benzene rings is 1. The van der Waals surface area contributed by atoms with Gasteiger partial charge in [-0.15, -0.1) is 0 Å². The molecule has 0 unspecified atom stereocenters. The van der Waals surface area contributed by atoms with E-state index in [4.69, 9.17) is 11.5 Å². The Morgan fingerprint density at radius 3 is 2.36 bits per heavy atom. The summed E-state index contributed by atoms with van der Waals surface area (Å²) in [5.41, 5.74) is 13.2. The number of nitrogens with two attached hydrogens (primary N) is 2. The van der Waals surface area contributed by atoms with Crippen LogP contribution in [0.2, 0.25) is 0 Å². The van der Waals surface area contributed by atoms with Gasteiger partial charge in [0.15, 0.2) is 0 Å². The van der Waals surface area contributed by atoms with Gasteiger partial charge in [0, 0.05) is 24.7 Å². The highest BCUT2D eigenvalue weighted by Crippen LogP contribution is 2.23. The average molecular weight is 307 g/mol. The maximum absolute atomic E-state index is 10.4. The Morgan fingerprint density at radius 2 is 1.86 bits per heavy atom. The predicted molar refractivity (Wildman–Crippen MR) is 93.7 cm³/mol. The van der Waals surface area contributed by atoms with Crippen molar-refractivity contribution in [3.05, 3.63) is 35.9 Å². The van der Waals surface area contributed by atoms with Crippen LogP contribution in [0.3, 0.4) is 0 Å². The Morgan fingerprint density at radius 1 is 1.23 bits per heavy atom. The molecule has 0 saturated heterocycles. The largest absolute Gasteiger partial charge is 0.390 e. The molecule has 22 heavy (non-hydrogen) atoms. The smallest absolute Gasteiger partial charge is 0.0818 e. The quantitative estimate of drug-likeness (QED) is 0.530. The van der Waals surface area contributed by atoms with E-state index < -0.39 is 6.10 Å². The zero-order valence-electron chi connectivity index (χ0n) is 14.3. The third-order valence-corrected chi connectivity index (χ3v) is 5.02. The van der Waals surface area contributed by atoms with Gasteiger partial charge in [-0.05, 0) is 24.3 Å². The van der Waals surface area contributed by atoms with Crippen molar-refractivity contribution < 1.29 is 5.11 Å². The van der Waals surface area contributed by atoms with Crippen molar-refractivity contribution in [3.8, 4) is 0 Å². The molecule has 0 heterocycles. The molecule has 126 valence electrons. The van der Waals surface area contributed by atoms with E-state index in [0.29, 0.717) is 25.4 Å². The van der Waals surface area contributed by atoms with Crippen LogP contribution < -0.4 is 16.8 Å². The molecule has 0 fully saturated rings. The molecular weight excluding hydrogens is 274 g/mol. The predicted octanol–water partition coefficient (Wildman–Crippen LogP) is 1.66. The van der Waals surface area contributed by atoms with Crippen molar-refractivity contribution in [2.45, 2.75) is 57.7 Å². The molecule has 0 aliphatic heterocycles. The molecule has 0 aromatic heterocycles. The van der Waals surface area contributed by atoms with Crippen molar-refractivity contribution in [2.24, 2.45) is 17.4 Å². The summed E-state index contributed by atoms with van der Waals surface area (Å²) in [6, 6.07) is 9.76. The van der Waals surface area contributed by atoms with Gasteiger partial charge in [0.25, 0.3) is 0 Å². The minimum Gasteiger partial charge on any atom is -0.390 e.